The molecule has 4 atom stereocenters. The first kappa shape index (κ1) is 24.2. The summed E-state index contributed by atoms with van der Waals surface area (Å²) in [6.07, 6.45) is 9.60. The van der Waals surface area contributed by atoms with E-state index < -0.39 is 0 Å². The number of unbranched alkanes of at least 4 members (excludes halogenated alkanes) is 2. The van der Waals surface area contributed by atoms with Crippen LogP contribution in [0.1, 0.15) is 74.2 Å². The van der Waals surface area contributed by atoms with Crippen molar-refractivity contribution in [2.24, 2.45) is 17.8 Å². The van der Waals surface area contributed by atoms with Gasteiger partial charge in [0.15, 0.2) is 0 Å². The van der Waals surface area contributed by atoms with Gasteiger partial charge in [-0.3, -0.25) is 14.9 Å². The standard InChI is InChI=1S/C25H34N4O2S2/c1-3-4-5-10-23-28-29-25(33-23)27-24(31)19-8-6-7-9-21(19)32-15-22(30)26-16(2)20-14-17-11-12-18(20)13-17/h6-9,16-18,20H,3-5,10-15H2,1-2H3,(H,26,30)(H,27,29,31)/t16-,17-,18-,20-/m0/s1. The van der Waals surface area contributed by atoms with Gasteiger partial charge < -0.3 is 5.32 Å². The quantitative estimate of drug-likeness (QED) is 0.321. The molecule has 0 unspecified atom stereocenters. The molecule has 2 fully saturated rings. The molecule has 178 valence electrons. The van der Waals surface area contributed by atoms with E-state index in [-0.39, 0.29) is 17.9 Å². The van der Waals surface area contributed by atoms with Crippen molar-refractivity contribution in [1.29, 1.82) is 0 Å². The Labute approximate surface area is 204 Å². The van der Waals surface area contributed by atoms with Crippen LogP contribution in [0, 0.1) is 17.8 Å². The van der Waals surface area contributed by atoms with Crippen LogP contribution in [-0.2, 0) is 11.2 Å². The Balaban J connectivity index is 1.29. The number of nitrogens with one attached hydrogen (secondary N) is 2. The third kappa shape index (κ3) is 6.35. The van der Waals surface area contributed by atoms with Crippen LogP contribution in [0.4, 0.5) is 5.13 Å². The average Bonchev–Trinajstić information content (AvgIpc) is 3.56. The van der Waals surface area contributed by atoms with Gasteiger partial charge in [0.05, 0.1) is 11.3 Å². The summed E-state index contributed by atoms with van der Waals surface area (Å²) < 4.78 is 0. The van der Waals surface area contributed by atoms with E-state index in [1.54, 1.807) is 6.07 Å². The Morgan fingerprint density at radius 1 is 1.18 bits per heavy atom. The second-order valence-electron chi connectivity index (χ2n) is 9.39. The van der Waals surface area contributed by atoms with Gasteiger partial charge in [-0.15, -0.1) is 22.0 Å². The van der Waals surface area contributed by atoms with Gasteiger partial charge in [-0.25, -0.2) is 0 Å². The van der Waals surface area contributed by atoms with Gasteiger partial charge in [0.2, 0.25) is 11.0 Å². The van der Waals surface area contributed by atoms with E-state index in [0.717, 1.165) is 41.0 Å². The van der Waals surface area contributed by atoms with Gasteiger partial charge in [0, 0.05) is 17.4 Å². The Bertz CT molecular complexity index is 963. The van der Waals surface area contributed by atoms with Crippen LogP contribution in [-0.4, -0.2) is 33.8 Å². The first-order chi connectivity index (χ1) is 16.0. The van der Waals surface area contributed by atoms with Crippen molar-refractivity contribution < 1.29 is 9.59 Å². The molecule has 6 nitrogen and oxygen atoms in total. The van der Waals surface area contributed by atoms with Crippen molar-refractivity contribution in [3.63, 3.8) is 0 Å². The fourth-order valence-corrected chi connectivity index (χ4v) is 6.97. The summed E-state index contributed by atoms with van der Waals surface area (Å²) in [5, 5.41) is 15.9. The first-order valence-electron chi connectivity index (χ1n) is 12.2. The molecule has 0 saturated heterocycles. The van der Waals surface area contributed by atoms with E-state index in [1.807, 2.05) is 18.2 Å². The number of aromatic nitrogens is 2. The number of anilines is 1. The monoisotopic (exact) mass is 486 g/mol. The lowest BCUT2D eigenvalue weighted by atomic mass is 9.84. The topological polar surface area (TPSA) is 84.0 Å². The maximum Gasteiger partial charge on any atom is 0.258 e. The average molecular weight is 487 g/mol. The number of aryl methyl sites for hydroxylation is 1. The van der Waals surface area contributed by atoms with Crippen molar-refractivity contribution in [3.8, 4) is 0 Å². The minimum absolute atomic E-state index is 0.0336. The van der Waals surface area contributed by atoms with Crippen molar-refractivity contribution in [2.75, 3.05) is 11.1 Å². The van der Waals surface area contributed by atoms with Crippen LogP contribution in [0.5, 0.6) is 0 Å². The Kier molecular flexibility index (Phi) is 8.41. The summed E-state index contributed by atoms with van der Waals surface area (Å²) in [6.45, 7) is 4.32. The van der Waals surface area contributed by atoms with Crippen LogP contribution in [0.3, 0.4) is 0 Å². The van der Waals surface area contributed by atoms with Crippen LogP contribution in [0.25, 0.3) is 0 Å². The van der Waals surface area contributed by atoms with Gasteiger partial charge in [-0.2, -0.15) is 0 Å². The summed E-state index contributed by atoms with van der Waals surface area (Å²) in [5.41, 5.74) is 0.555. The maximum atomic E-state index is 12.9. The molecule has 2 saturated carbocycles. The molecule has 2 amide bonds. The molecule has 1 aromatic heterocycles. The first-order valence-corrected chi connectivity index (χ1v) is 14.0. The largest absolute Gasteiger partial charge is 0.353 e. The summed E-state index contributed by atoms with van der Waals surface area (Å²) in [7, 11) is 0. The molecule has 0 radical (unpaired) electrons. The van der Waals surface area contributed by atoms with Crippen molar-refractivity contribution in [1.82, 2.24) is 15.5 Å². The highest BCUT2D eigenvalue weighted by atomic mass is 32.2. The molecule has 1 aromatic carbocycles. The van der Waals surface area contributed by atoms with E-state index in [4.69, 9.17) is 0 Å². The highest BCUT2D eigenvalue weighted by Crippen LogP contribution is 2.49. The maximum absolute atomic E-state index is 12.9. The number of carbonyl (C=O) groups excluding carboxylic acids is 2. The molecule has 33 heavy (non-hydrogen) atoms. The van der Waals surface area contributed by atoms with Crippen LogP contribution in [0.2, 0.25) is 0 Å². The van der Waals surface area contributed by atoms with Crippen LogP contribution < -0.4 is 10.6 Å². The number of carbonyl (C=O) groups is 2. The molecule has 2 aliphatic rings. The van der Waals surface area contributed by atoms with Gasteiger partial charge in [0.25, 0.3) is 5.91 Å². The Hall–Kier alpha value is -1.93. The van der Waals surface area contributed by atoms with Crippen LogP contribution >= 0.6 is 23.1 Å². The van der Waals surface area contributed by atoms with Gasteiger partial charge in [-0.05, 0) is 62.5 Å². The van der Waals surface area contributed by atoms with E-state index in [2.05, 4.69) is 34.7 Å². The fraction of sp³-hybridized carbons (Fsp3) is 0.600. The molecule has 2 bridgehead atoms. The SMILES string of the molecule is CCCCCc1nnc(NC(=O)c2ccccc2SCC(=O)N[C@@H](C)[C@@H]2C[C@H]3CC[C@H]2C3)s1. The summed E-state index contributed by atoms with van der Waals surface area (Å²) >= 11 is 2.84. The number of benzene rings is 1. The molecule has 0 aliphatic heterocycles. The number of hydrogen-bond donors (Lipinski definition) is 2. The van der Waals surface area contributed by atoms with Gasteiger partial charge >= 0.3 is 0 Å². The molecular formula is C25H34N4O2S2. The minimum atomic E-state index is -0.217. The summed E-state index contributed by atoms with van der Waals surface area (Å²) in [4.78, 5) is 26.3. The lowest BCUT2D eigenvalue weighted by Gasteiger charge is -2.28. The molecule has 2 aliphatic carbocycles. The van der Waals surface area contributed by atoms with Crippen LogP contribution in [0.15, 0.2) is 29.2 Å². The zero-order valence-corrected chi connectivity index (χ0v) is 21.1. The number of thioether (sulfide) groups is 1. The molecule has 4 rings (SSSR count). The number of fused-ring (bicyclic) bond motifs is 2. The summed E-state index contributed by atoms with van der Waals surface area (Å²) in [6, 6.07) is 7.63. The molecule has 0 spiro atoms. The molecule has 2 N–H and O–H groups in total. The molecular weight excluding hydrogens is 452 g/mol. The Morgan fingerprint density at radius 3 is 2.79 bits per heavy atom. The van der Waals surface area contributed by atoms with E-state index in [9.17, 15) is 9.59 Å². The van der Waals surface area contributed by atoms with Crippen molar-refractivity contribution >= 4 is 40.0 Å². The fourth-order valence-electron chi connectivity index (χ4n) is 5.33. The number of amides is 2. The predicted octanol–water partition coefficient (Wildman–Crippen LogP) is 5.56. The zero-order chi connectivity index (χ0) is 23.2. The molecule has 1 heterocycles. The van der Waals surface area contributed by atoms with Crippen molar-refractivity contribution in [3.05, 3.63) is 34.8 Å². The summed E-state index contributed by atoms with van der Waals surface area (Å²) in [5.74, 6) is 2.40. The van der Waals surface area contributed by atoms with E-state index in [0.29, 0.717) is 22.4 Å². The second kappa shape index (κ2) is 11.5. The zero-order valence-electron chi connectivity index (χ0n) is 19.5. The highest BCUT2D eigenvalue weighted by Gasteiger charge is 2.42. The number of rotatable bonds is 11. The predicted molar refractivity (Wildman–Crippen MR) is 135 cm³/mol. The van der Waals surface area contributed by atoms with Crippen molar-refractivity contribution in [2.45, 2.75) is 76.2 Å². The number of hydrogen-bond acceptors (Lipinski definition) is 6. The lowest BCUT2D eigenvalue weighted by molar-refractivity contribution is -0.119. The minimum Gasteiger partial charge on any atom is -0.353 e. The lowest BCUT2D eigenvalue weighted by Crippen LogP contribution is -2.40. The van der Waals surface area contributed by atoms with Gasteiger partial charge in [0.1, 0.15) is 5.01 Å². The molecule has 2 aromatic rings. The van der Waals surface area contributed by atoms with E-state index in [1.165, 1.54) is 55.2 Å². The normalized spacial score (nSPS) is 22.3. The third-order valence-electron chi connectivity index (χ3n) is 7.00. The van der Waals surface area contributed by atoms with E-state index >= 15 is 0 Å². The Morgan fingerprint density at radius 2 is 2.03 bits per heavy atom. The number of nitrogens with zero attached hydrogens (tertiary/aromatic N) is 2. The third-order valence-corrected chi connectivity index (χ3v) is 8.97. The molecule has 8 heteroatoms. The highest BCUT2D eigenvalue weighted by molar-refractivity contribution is 8.00. The smallest absolute Gasteiger partial charge is 0.258 e. The second-order valence-corrected chi connectivity index (χ2v) is 11.5. The van der Waals surface area contributed by atoms with Gasteiger partial charge in [-0.1, -0.05) is 49.7 Å².